The zero-order valence-electron chi connectivity index (χ0n) is 37.4. The molecule has 0 aliphatic heterocycles. The summed E-state index contributed by atoms with van der Waals surface area (Å²) < 4.78 is 118. The van der Waals surface area contributed by atoms with E-state index in [-0.39, 0.29) is 58.3 Å². The lowest BCUT2D eigenvalue weighted by molar-refractivity contribution is -0.254. The molecule has 0 spiro atoms. The van der Waals surface area contributed by atoms with Gasteiger partial charge in [0.25, 0.3) is 0 Å². The van der Waals surface area contributed by atoms with Crippen molar-refractivity contribution in [1.29, 1.82) is 31.6 Å². The smallest absolute Gasteiger partial charge is 0.368 e. The second-order valence-corrected chi connectivity index (χ2v) is 19.1. The highest BCUT2D eigenvalue weighted by Crippen LogP contribution is 2.59. The molecule has 0 saturated heterocycles. The van der Waals surface area contributed by atoms with Crippen molar-refractivity contribution in [2.75, 3.05) is 39.6 Å². The summed E-state index contributed by atoms with van der Waals surface area (Å²) in [6.07, 6.45) is -12.5. The summed E-state index contributed by atoms with van der Waals surface area (Å²) in [5.41, 5.74) is 1.75. The molecular weight excluding hydrogens is 957 g/mol. The van der Waals surface area contributed by atoms with Gasteiger partial charge in [-0.25, -0.2) is 13.7 Å². The summed E-state index contributed by atoms with van der Waals surface area (Å²) in [4.78, 5) is 0. The molecule has 0 heterocycles. The summed E-state index contributed by atoms with van der Waals surface area (Å²) in [5, 5.41) is 56.4. The number of benzene rings is 3. The van der Waals surface area contributed by atoms with Crippen molar-refractivity contribution in [1.82, 2.24) is 0 Å². The van der Waals surface area contributed by atoms with Gasteiger partial charge in [-0.15, -0.1) is 0 Å². The van der Waals surface area contributed by atoms with Crippen molar-refractivity contribution in [3.63, 3.8) is 0 Å². The van der Waals surface area contributed by atoms with Gasteiger partial charge < -0.3 is 14.2 Å². The van der Waals surface area contributed by atoms with E-state index >= 15 is 0 Å². The number of hydrogen-bond acceptors (Lipinski definition) is 21. The third-order valence-electron chi connectivity index (χ3n) is 9.33. The molecule has 21 nitrogen and oxygen atoms in total. The number of rotatable bonds is 33. The molecule has 1 saturated carbocycles. The van der Waals surface area contributed by atoms with Gasteiger partial charge in [-0.3, -0.25) is 40.7 Å². The summed E-state index contributed by atoms with van der Waals surface area (Å²) in [6.45, 7) is -3.75. The fourth-order valence-corrected chi connectivity index (χ4v) is 10.4. The fraction of sp³-hybridized carbons (Fsp3) is 0.467. The van der Waals surface area contributed by atoms with Gasteiger partial charge in [-0.1, -0.05) is 91.0 Å². The van der Waals surface area contributed by atoms with Crippen molar-refractivity contribution in [3.8, 4) is 36.4 Å². The molecule has 366 valence electrons. The van der Waals surface area contributed by atoms with Gasteiger partial charge in [0.2, 0.25) is 0 Å². The lowest BCUT2D eigenvalue weighted by Crippen LogP contribution is -2.67. The van der Waals surface area contributed by atoms with Crippen LogP contribution in [0.15, 0.2) is 91.0 Å². The van der Waals surface area contributed by atoms with E-state index in [1.807, 2.05) is 36.4 Å². The first-order valence-corrected chi connectivity index (χ1v) is 25.8. The molecule has 3 aromatic rings. The molecule has 69 heavy (non-hydrogen) atoms. The lowest BCUT2D eigenvalue weighted by atomic mass is 9.84. The third kappa shape index (κ3) is 19.6. The summed E-state index contributed by atoms with van der Waals surface area (Å²) in [5.74, 6) is 0. The van der Waals surface area contributed by atoms with Crippen molar-refractivity contribution in [2.45, 2.75) is 95.0 Å². The van der Waals surface area contributed by atoms with Crippen LogP contribution in [0.4, 0.5) is 0 Å². The Morgan fingerprint density at radius 2 is 0.536 bits per heavy atom. The Labute approximate surface area is 401 Å². The van der Waals surface area contributed by atoms with E-state index in [2.05, 4.69) is 0 Å². The van der Waals surface area contributed by atoms with Crippen molar-refractivity contribution >= 4 is 23.5 Å². The third-order valence-corrected chi connectivity index (χ3v) is 13.8. The average Bonchev–Trinajstić information content (AvgIpc) is 3.35. The standard InChI is InChI=1S/C45H51N6O15P3/c46-22-10-28-58-67(52,59-29-11-23-47)64-43-40(55-34-37-16-4-1-5-17-37)41(56-35-38-18-6-2-7-19-38)44(65-68(53,60-30-12-24-48)61-31-13-25-49)45(42(43)57-36-39-20-8-3-9-21-39)66-69(54,62-32-14-26-50)63-33-15-27-51/h1-9,16-21,40-45H,10-15,28-36H2/t40-,41-,42-,43+,44-,45-/m0/s1. The van der Waals surface area contributed by atoms with Gasteiger partial charge in [0.05, 0.1) is 134 Å². The number of hydrogen-bond donors (Lipinski definition) is 0. The fourth-order valence-electron chi connectivity index (χ4n) is 6.31. The largest absolute Gasteiger partial charge is 0.475 e. The van der Waals surface area contributed by atoms with Gasteiger partial charge in [0.15, 0.2) is 0 Å². The van der Waals surface area contributed by atoms with Crippen LogP contribution in [0.2, 0.25) is 0 Å². The Morgan fingerprint density at radius 1 is 0.333 bits per heavy atom. The summed E-state index contributed by atoms with van der Waals surface area (Å²) >= 11 is 0. The number of phosphoric ester groups is 3. The Balaban J connectivity index is 2.08. The van der Waals surface area contributed by atoms with Crippen LogP contribution in [0.1, 0.15) is 55.2 Å². The molecule has 0 unspecified atom stereocenters. The highest BCUT2D eigenvalue weighted by molar-refractivity contribution is 7.49. The molecule has 4 rings (SSSR count). The normalized spacial score (nSPS) is 19.2. The van der Waals surface area contributed by atoms with Crippen LogP contribution < -0.4 is 0 Å². The molecule has 0 amide bonds. The van der Waals surface area contributed by atoms with Crippen LogP contribution in [0.5, 0.6) is 0 Å². The van der Waals surface area contributed by atoms with E-state index in [9.17, 15) is 45.3 Å². The number of nitrogens with zero attached hydrogens (tertiary/aromatic N) is 6. The summed E-state index contributed by atoms with van der Waals surface area (Å²) in [7, 11) is -14.9. The minimum atomic E-state index is -5.02. The van der Waals surface area contributed by atoms with Crippen molar-refractivity contribution in [3.05, 3.63) is 108 Å². The van der Waals surface area contributed by atoms with Gasteiger partial charge in [-0.2, -0.15) is 31.6 Å². The maximum atomic E-state index is 14.9. The monoisotopic (exact) mass is 1010 g/mol. The average molecular weight is 1010 g/mol. The highest BCUT2D eigenvalue weighted by Gasteiger charge is 2.60. The van der Waals surface area contributed by atoms with Crippen LogP contribution in [-0.2, 0) is 88.4 Å². The van der Waals surface area contributed by atoms with E-state index in [0.29, 0.717) is 16.7 Å². The van der Waals surface area contributed by atoms with E-state index in [1.165, 1.54) is 0 Å². The van der Waals surface area contributed by atoms with Crippen LogP contribution in [-0.4, -0.2) is 76.3 Å². The van der Waals surface area contributed by atoms with Gasteiger partial charge in [0.1, 0.15) is 36.6 Å². The van der Waals surface area contributed by atoms with E-state index in [4.69, 9.17) is 54.9 Å². The molecule has 24 heteroatoms. The minimum absolute atomic E-state index is 0.211. The Kier molecular flexibility index (Phi) is 25.4. The topological polar surface area (TPSA) is 305 Å². The maximum Gasteiger partial charge on any atom is 0.475 e. The van der Waals surface area contributed by atoms with Crippen molar-refractivity contribution < 1.29 is 68.6 Å². The van der Waals surface area contributed by atoms with Gasteiger partial charge >= 0.3 is 23.5 Å². The SMILES string of the molecule is N#CCCOP(=O)(OCCC#N)O[C@@H]1[C@@H](OCc2ccccc2)[C@H](OCc2ccccc2)[C@H](OP(=O)(OCCC#N)OCCC#N)[C@@H](OP(=O)(OCCC#N)OCCC#N)[C@H]1OCc1ccccc1. The molecule has 3 aromatic carbocycles. The first-order chi connectivity index (χ1) is 33.5. The molecule has 0 radical (unpaired) electrons. The highest BCUT2D eigenvalue weighted by atomic mass is 31.2. The first-order valence-electron chi connectivity index (χ1n) is 21.5. The minimum Gasteiger partial charge on any atom is -0.368 e. The molecule has 0 bridgehead atoms. The zero-order valence-corrected chi connectivity index (χ0v) is 40.1. The molecular formula is C45H51N6O15P3. The zero-order chi connectivity index (χ0) is 49.6. The number of phosphoric acid groups is 3. The van der Waals surface area contributed by atoms with E-state index in [0.717, 1.165) is 0 Å². The molecule has 0 N–H and O–H groups in total. The Bertz CT molecular complexity index is 2330. The van der Waals surface area contributed by atoms with Crippen LogP contribution in [0.3, 0.4) is 0 Å². The second kappa shape index (κ2) is 31.1. The summed E-state index contributed by atoms with van der Waals surface area (Å²) in [6, 6.07) is 37.3. The Hall–Kier alpha value is -5.19. The van der Waals surface area contributed by atoms with Gasteiger partial charge in [0, 0.05) is 0 Å². The molecule has 1 aliphatic carbocycles. The maximum absolute atomic E-state index is 14.9. The van der Waals surface area contributed by atoms with E-state index in [1.54, 1.807) is 91.0 Å². The van der Waals surface area contributed by atoms with Crippen LogP contribution in [0, 0.1) is 68.0 Å². The Morgan fingerprint density at radius 3 is 0.754 bits per heavy atom. The number of ether oxygens (including phenoxy) is 3. The van der Waals surface area contributed by atoms with Gasteiger partial charge in [-0.05, 0) is 16.7 Å². The second-order valence-electron chi connectivity index (χ2n) is 14.3. The predicted octanol–water partition coefficient (Wildman–Crippen LogP) is 8.82. The molecule has 6 atom stereocenters. The molecule has 0 aromatic heterocycles. The molecule has 1 aliphatic rings. The van der Waals surface area contributed by atoms with Crippen molar-refractivity contribution in [2.24, 2.45) is 0 Å². The van der Waals surface area contributed by atoms with Crippen LogP contribution in [0.25, 0.3) is 0 Å². The molecule has 1 fully saturated rings. The first kappa shape index (κ1) is 56.4. The van der Waals surface area contributed by atoms with E-state index < -0.39 is 99.7 Å². The quantitative estimate of drug-likeness (QED) is 0.0406. The number of nitriles is 6. The lowest BCUT2D eigenvalue weighted by Gasteiger charge is -2.50. The van der Waals surface area contributed by atoms with Crippen LogP contribution >= 0.6 is 23.5 Å². The predicted molar refractivity (Wildman–Crippen MR) is 240 cm³/mol.